The molecule has 0 unspecified atom stereocenters. The zero-order chi connectivity index (χ0) is 17.6. The molecule has 0 atom stereocenters. The molecule has 0 bridgehead atoms. The minimum atomic E-state index is -0.164. The van der Waals surface area contributed by atoms with E-state index >= 15 is 0 Å². The molecular weight excluding hydrogens is 322 g/mol. The highest BCUT2D eigenvalue weighted by Gasteiger charge is 2.25. The molecule has 1 saturated heterocycles. The maximum absolute atomic E-state index is 12.3. The number of benzene rings is 1. The number of furan rings is 1. The maximum Gasteiger partial charge on any atom is 0.260 e. The van der Waals surface area contributed by atoms with Gasteiger partial charge < -0.3 is 19.0 Å². The number of hydrogen-bond donors (Lipinski definition) is 0. The van der Waals surface area contributed by atoms with E-state index in [4.69, 9.17) is 14.4 Å². The van der Waals surface area contributed by atoms with Crippen LogP contribution in [0.5, 0.6) is 5.75 Å². The third-order valence-corrected chi connectivity index (χ3v) is 4.05. The van der Waals surface area contributed by atoms with Crippen molar-refractivity contribution >= 4 is 11.8 Å². The molecule has 7 heteroatoms. The number of hydrogen-bond acceptors (Lipinski definition) is 5. The summed E-state index contributed by atoms with van der Waals surface area (Å²) in [6.07, 6.45) is 2.88. The van der Waals surface area contributed by atoms with Crippen LogP contribution in [0, 0.1) is 11.3 Å². The topological polar surface area (TPSA) is 86.8 Å². The normalized spacial score (nSPS) is 14.0. The molecule has 1 aliphatic rings. The van der Waals surface area contributed by atoms with Crippen molar-refractivity contribution in [3.63, 3.8) is 0 Å². The molecular formula is C18H17N3O4. The smallest absolute Gasteiger partial charge is 0.260 e. The molecule has 1 fully saturated rings. The Kier molecular flexibility index (Phi) is 5.00. The number of amides is 2. The SMILES string of the molecule is N#Cc1ccccc1OCC(=O)N1CCN(C(=O)c2ccoc2)CC1. The summed E-state index contributed by atoms with van der Waals surface area (Å²) >= 11 is 0. The van der Waals surface area contributed by atoms with E-state index in [0.717, 1.165) is 0 Å². The van der Waals surface area contributed by atoms with E-state index in [9.17, 15) is 9.59 Å². The Morgan fingerprint density at radius 1 is 1.12 bits per heavy atom. The van der Waals surface area contributed by atoms with E-state index in [0.29, 0.717) is 43.1 Å². The van der Waals surface area contributed by atoms with Crippen LogP contribution in [0.25, 0.3) is 0 Å². The van der Waals surface area contributed by atoms with Gasteiger partial charge in [-0.05, 0) is 18.2 Å². The number of nitriles is 1. The molecule has 0 N–H and O–H groups in total. The molecule has 1 aromatic heterocycles. The van der Waals surface area contributed by atoms with Gasteiger partial charge in [-0.25, -0.2) is 0 Å². The van der Waals surface area contributed by atoms with Gasteiger partial charge in [0, 0.05) is 26.2 Å². The second-order valence-electron chi connectivity index (χ2n) is 5.58. The van der Waals surface area contributed by atoms with Crippen molar-refractivity contribution in [3.05, 3.63) is 54.0 Å². The molecule has 128 valence electrons. The third kappa shape index (κ3) is 3.80. The number of para-hydroxylation sites is 1. The monoisotopic (exact) mass is 339 g/mol. The van der Waals surface area contributed by atoms with Crippen LogP contribution in [0.3, 0.4) is 0 Å². The fourth-order valence-electron chi connectivity index (χ4n) is 2.64. The van der Waals surface area contributed by atoms with Gasteiger partial charge >= 0.3 is 0 Å². The summed E-state index contributed by atoms with van der Waals surface area (Å²) in [5.41, 5.74) is 0.905. The van der Waals surface area contributed by atoms with Crippen molar-refractivity contribution in [1.29, 1.82) is 5.26 Å². The Hall–Kier alpha value is -3.27. The Morgan fingerprint density at radius 3 is 2.52 bits per heavy atom. The largest absolute Gasteiger partial charge is 0.482 e. The predicted octanol–water partition coefficient (Wildman–Crippen LogP) is 1.51. The second kappa shape index (κ2) is 7.53. The van der Waals surface area contributed by atoms with Crippen LogP contribution in [-0.2, 0) is 4.79 Å². The van der Waals surface area contributed by atoms with Gasteiger partial charge in [0.05, 0.1) is 17.4 Å². The van der Waals surface area contributed by atoms with Gasteiger partial charge in [-0.15, -0.1) is 0 Å². The molecule has 1 aliphatic heterocycles. The molecule has 0 radical (unpaired) electrons. The highest BCUT2D eigenvalue weighted by atomic mass is 16.5. The Balaban J connectivity index is 1.50. The summed E-state index contributed by atoms with van der Waals surface area (Å²) in [7, 11) is 0. The van der Waals surface area contributed by atoms with Crippen LogP contribution in [0.15, 0.2) is 47.3 Å². The molecule has 25 heavy (non-hydrogen) atoms. The van der Waals surface area contributed by atoms with Crippen molar-refractivity contribution in [2.45, 2.75) is 0 Å². The zero-order valence-corrected chi connectivity index (χ0v) is 13.6. The number of nitrogens with zero attached hydrogens (tertiary/aromatic N) is 3. The van der Waals surface area contributed by atoms with Gasteiger partial charge in [0.1, 0.15) is 18.1 Å². The van der Waals surface area contributed by atoms with Gasteiger partial charge in [-0.1, -0.05) is 12.1 Å². The highest BCUT2D eigenvalue weighted by molar-refractivity contribution is 5.94. The van der Waals surface area contributed by atoms with Crippen LogP contribution in [0.2, 0.25) is 0 Å². The van der Waals surface area contributed by atoms with Gasteiger partial charge in [0.2, 0.25) is 0 Å². The lowest BCUT2D eigenvalue weighted by Crippen LogP contribution is -2.51. The molecule has 2 heterocycles. The average Bonchev–Trinajstić information content (AvgIpc) is 3.20. The van der Waals surface area contributed by atoms with Crippen LogP contribution in [0.1, 0.15) is 15.9 Å². The molecule has 2 aromatic rings. The fourth-order valence-corrected chi connectivity index (χ4v) is 2.64. The Morgan fingerprint density at radius 2 is 1.84 bits per heavy atom. The van der Waals surface area contributed by atoms with Gasteiger partial charge in [-0.2, -0.15) is 5.26 Å². The number of ether oxygens (including phenoxy) is 1. The number of carbonyl (C=O) groups excluding carboxylic acids is 2. The summed E-state index contributed by atoms with van der Waals surface area (Å²) in [4.78, 5) is 27.9. The first-order valence-corrected chi connectivity index (χ1v) is 7.90. The second-order valence-corrected chi connectivity index (χ2v) is 5.58. The predicted molar refractivity (Wildman–Crippen MR) is 87.8 cm³/mol. The lowest BCUT2D eigenvalue weighted by Gasteiger charge is -2.34. The van der Waals surface area contributed by atoms with Crippen molar-refractivity contribution in [3.8, 4) is 11.8 Å². The number of carbonyl (C=O) groups is 2. The quantitative estimate of drug-likeness (QED) is 0.843. The van der Waals surface area contributed by atoms with E-state index in [1.165, 1.54) is 12.5 Å². The van der Waals surface area contributed by atoms with E-state index in [1.54, 1.807) is 40.1 Å². The number of rotatable bonds is 4. The highest BCUT2D eigenvalue weighted by Crippen LogP contribution is 2.17. The molecule has 0 spiro atoms. The Labute approximate surface area is 145 Å². The Bertz CT molecular complexity index is 787. The van der Waals surface area contributed by atoms with E-state index in [-0.39, 0.29) is 18.4 Å². The van der Waals surface area contributed by atoms with E-state index in [1.807, 2.05) is 6.07 Å². The molecule has 3 rings (SSSR count). The van der Waals surface area contributed by atoms with Crippen molar-refractivity contribution in [2.75, 3.05) is 32.8 Å². The summed E-state index contributed by atoms with van der Waals surface area (Å²) in [6.45, 7) is 1.70. The summed E-state index contributed by atoms with van der Waals surface area (Å²) in [6, 6.07) is 10.4. The molecule has 7 nitrogen and oxygen atoms in total. The minimum Gasteiger partial charge on any atom is -0.482 e. The van der Waals surface area contributed by atoms with Gasteiger partial charge in [0.15, 0.2) is 6.61 Å². The molecule has 0 aliphatic carbocycles. The first kappa shape index (κ1) is 16.6. The van der Waals surface area contributed by atoms with E-state index in [2.05, 4.69) is 0 Å². The maximum atomic E-state index is 12.3. The summed E-state index contributed by atoms with van der Waals surface area (Å²) < 4.78 is 10.4. The third-order valence-electron chi connectivity index (χ3n) is 4.05. The van der Waals surface area contributed by atoms with Crippen molar-refractivity contribution in [1.82, 2.24) is 9.80 Å². The van der Waals surface area contributed by atoms with Crippen LogP contribution < -0.4 is 4.74 Å². The van der Waals surface area contributed by atoms with Crippen molar-refractivity contribution in [2.24, 2.45) is 0 Å². The van der Waals surface area contributed by atoms with Crippen LogP contribution >= 0.6 is 0 Å². The first-order chi connectivity index (χ1) is 12.2. The van der Waals surface area contributed by atoms with Crippen molar-refractivity contribution < 1.29 is 18.7 Å². The standard InChI is InChI=1S/C18H17N3O4/c19-11-14-3-1-2-4-16(14)25-13-17(22)20-6-8-21(9-7-20)18(23)15-5-10-24-12-15/h1-5,10,12H,6-9,13H2. The van der Waals surface area contributed by atoms with Gasteiger partial charge in [-0.3, -0.25) is 9.59 Å². The molecule has 1 aromatic carbocycles. The van der Waals surface area contributed by atoms with Crippen LogP contribution in [0.4, 0.5) is 0 Å². The van der Waals surface area contributed by atoms with E-state index < -0.39 is 0 Å². The summed E-state index contributed by atoms with van der Waals surface area (Å²) in [5, 5.41) is 9.02. The number of piperazine rings is 1. The first-order valence-electron chi connectivity index (χ1n) is 7.90. The van der Waals surface area contributed by atoms with Gasteiger partial charge in [0.25, 0.3) is 11.8 Å². The lowest BCUT2D eigenvalue weighted by atomic mass is 10.2. The van der Waals surface area contributed by atoms with Crippen LogP contribution in [-0.4, -0.2) is 54.4 Å². The molecule has 2 amide bonds. The minimum absolute atomic E-state index is 0.0972. The fraction of sp³-hybridized carbons (Fsp3) is 0.278. The lowest BCUT2D eigenvalue weighted by molar-refractivity contribution is -0.134. The molecule has 0 saturated carbocycles. The average molecular weight is 339 g/mol. The zero-order valence-electron chi connectivity index (χ0n) is 13.6. The summed E-state index contributed by atoms with van der Waals surface area (Å²) in [5.74, 6) is 0.135.